The lowest BCUT2D eigenvalue weighted by molar-refractivity contribution is 1.26. The fourth-order valence-electron chi connectivity index (χ4n) is 11.5. The Morgan fingerprint density at radius 3 is 1.56 bits per heavy atom. The number of anilines is 6. The van der Waals surface area contributed by atoms with Crippen molar-refractivity contribution in [2.24, 2.45) is 0 Å². The van der Waals surface area contributed by atoms with Crippen LogP contribution in [0.3, 0.4) is 0 Å². The van der Waals surface area contributed by atoms with Gasteiger partial charge in [0.05, 0.1) is 38.8 Å². The molecule has 4 aromatic heterocycles. The van der Waals surface area contributed by atoms with E-state index in [0.29, 0.717) is 0 Å². The van der Waals surface area contributed by atoms with Gasteiger partial charge in [-0.15, -0.1) is 0 Å². The van der Waals surface area contributed by atoms with Crippen LogP contribution in [0.2, 0.25) is 0 Å². The van der Waals surface area contributed by atoms with E-state index in [1.807, 2.05) is 0 Å². The molecule has 0 fully saturated rings. The normalized spacial score (nSPS) is 13.7. The third-order valence-electron chi connectivity index (χ3n) is 13.7. The quantitative estimate of drug-likeness (QED) is 0.164. The topological polar surface area (TPSA) is 15.3 Å². The first kappa shape index (κ1) is 30.4. The van der Waals surface area contributed by atoms with Gasteiger partial charge in [-0.1, -0.05) is 121 Å². The molecule has 5 heteroatoms. The van der Waals surface area contributed by atoms with Gasteiger partial charge in [-0.2, -0.15) is 0 Å². The van der Waals surface area contributed by atoms with Crippen molar-refractivity contribution in [1.29, 1.82) is 0 Å². The van der Waals surface area contributed by atoms with Crippen molar-refractivity contribution in [2.45, 2.75) is 0 Å². The van der Waals surface area contributed by atoms with E-state index in [1.54, 1.807) is 0 Å². The monoisotopic (exact) mass is 746 g/mol. The van der Waals surface area contributed by atoms with Crippen LogP contribution < -0.4 is 26.2 Å². The molecule has 9 aromatic carbocycles. The first-order valence-electron chi connectivity index (χ1n) is 20.6. The highest BCUT2D eigenvalue weighted by Gasteiger charge is 2.45. The number of hydrogen-bond donors (Lipinski definition) is 0. The van der Waals surface area contributed by atoms with Crippen LogP contribution in [0.4, 0.5) is 34.1 Å². The van der Waals surface area contributed by atoms with E-state index in [4.69, 9.17) is 0 Å². The largest absolute Gasteiger partial charge is 0.311 e. The molecule has 0 saturated heterocycles. The molecule has 4 nitrogen and oxygen atoms in total. The van der Waals surface area contributed by atoms with Gasteiger partial charge in [-0.25, -0.2) is 0 Å². The standard InChI is InChI=1S/C54H31BN4/c1-3-15-32(16-4-1)56-46-27-14-28-47-51(46)55(41-31-48-39(30-49(41)56)37-23-13-22-36-34-19-7-10-24-43(34)59(48)52(36)37)42-29-40-35-20-8-11-25-44(35)58-45-26-12-9-21-38(45)50(53(40)58)54(42)57(47)33-17-5-2-6-18-33/h1-31H. The smallest absolute Gasteiger partial charge is 0.252 e. The second-order valence-corrected chi connectivity index (χ2v) is 16.4. The van der Waals surface area contributed by atoms with Crippen molar-refractivity contribution >= 4 is 133 Å². The third-order valence-corrected chi connectivity index (χ3v) is 13.7. The summed E-state index contributed by atoms with van der Waals surface area (Å²) in [5.41, 5.74) is 18.8. The number of fused-ring (bicyclic) bond motifs is 17. The number of hydrogen-bond acceptors (Lipinski definition) is 2. The molecule has 0 saturated carbocycles. The lowest BCUT2D eigenvalue weighted by atomic mass is 9.33. The van der Waals surface area contributed by atoms with Crippen LogP contribution in [-0.4, -0.2) is 15.5 Å². The molecule has 270 valence electrons. The zero-order valence-corrected chi connectivity index (χ0v) is 31.8. The molecule has 2 aliphatic heterocycles. The van der Waals surface area contributed by atoms with Crippen molar-refractivity contribution in [3.63, 3.8) is 0 Å². The minimum Gasteiger partial charge on any atom is -0.311 e. The second-order valence-electron chi connectivity index (χ2n) is 16.4. The number of aromatic nitrogens is 2. The van der Waals surface area contributed by atoms with Crippen molar-refractivity contribution < 1.29 is 0 Å². The van der Waals surface area contributed by atoms with E-state index in [0.717, 1.165) is 11.4 Å². The van der Waals surface area contributed by atoms with Crippen molar-refractivity contribution in [1.82, 2.24) is 8.80 Å². The number of nitrogens with zero attached hydrogens (tertiary/aromatic N) is 4. The van der Waals surface area contributed by atoms with Gasteiger partial charge in [0.1, 0.15) is 0 Å². The molecule has 59 heavy (non-hydrogen) atoms. The highest BCUT2D eigenvalue weighted by Crippen LogP contribution is 2.51. The summed E-state index contributed by atoms with van der Waals surface area (Å²) >= 11 is 0. The molecule has 0 unspecified atom stereocenters. The van der Waals surface area contributed by atoms with Gasteiger partial charge in [-0.3, -0.25) is 0 Å². The molecule has 0 atom stereocenters. The lowest BCUT2D eigenvalue weighted by Crippen LogP contribution is -2.61. The first-order chi connectivity index (χ1) is 29.3. The summed E-state index contributed by atoms with van der Waals surface area (Å²) in [6.07, 6.45) is 0. The molecule has 13 aromatic rings. The fraction of sp³-hybridized carbons (Fsp3) is 0. The van der Waals surface area contributed by atoms with Crippen LogP contribution in [0.5, 0.6) is 0 Å². The molecule has 0 spiro atoms. The Morgan fingerprint density at radius 2 is 0.847 bits per heavy atom. The van der Waals surface area contributed by atoms with Gasteiger partial charge >= 0.3 is 0 Å². The fourth-order valence-corrected chi connectivity index (χ4v) is 11.5. The SMILES string of the molecule is c1ccc(N2c3cc4c5cccc6c7ccccc7n(c4cc3B3c4cc7c8ccccc8n8c9ccccc9c(c4N(c4ccccc4)c4cccc2c43)c78)c65)cc1. The second kappa shape index (κ2) is 10.6. The maximum Gasteiger partial charge on any atom is 0.252 e. The lowest BCUT2D eigenvalue weighted by Gasteiger charge is -2.44. The highest BCUT2D eigenvalue weighted by molar-refractivity contribution is 7.01. The summed E-state index contributed by atoms with van der Waals surface area (Å²) in [6.45, 7) is -0.0343. The molecular formula is C54H31BN4. The van der Waals surface area contributed by atoms with Gasteiger partial charge in [0.15, 0.2) is 0 Å². The Morgan fingerprint density at radius 1 is 0.322 bits per heavy atom. The van der Waals surface area contributed by atoms with E-state index in [9.17, 15) is 0 Å². The Labute approximate surface area is 338 Å². The summed E-state index contributed by atoms with van der Waals surface area (Å²) < 4.78 is 5.06. The van der Waals surface area contributed by atoms with Crippen LogP contribution in [-0.2, 0) is 0 Å². The number of para-hydroxylation sites is 6. The molecule has 2 aliphatic rings. The maximum atomic E-state index is 2.57. The minimum absolute atomic E-state index is 0.0343. The van der Waals surface area contributed by atoms with Crippen molar-refractivity contribution in [3.8, 4) is 0 Å². The zero-order valence-electron chi connectivity index (χ0n) is 31.8. The van der Waals surface area contributed by atoms with Crippen molar-refractivity contribution in [3.05, 3.63) is 188 Å². The van der Waals surface area contributed by atoms with Crippen LogP contribution in [0.15, 0.2) is 188 Å². The average Bonchev–Trinajstić information content (AvgIpc) is 4.02. The van der Waals surface area contributed by atoms with E-state index < -0.39 is 0 Å². The Kier molecular flexibility index (Phi) is 5.46. The minimum atomic E-state index is -0.0343. The van der Waals surface area contributed by atoms with Crippen molar-refractivity contribution in [2.75, 3.05) is 9.80 Å². The first-order valence-corrected chi connectivity index (χ1v) is 20.6. The molecule has 0 N–H and O–H groups in total. The summed E-state index contributed by atoms with van der Waals surface area (Å²) in [6, 6.07) is 70.3. The average molecular weight is 747 g/mol. The maximum absolute atomic E-state index is 2.57. The van der Waals surface area contributed by atoms with E-state index in [-0.39, 0.29) is 6.71 Å². The van der Waals surface area contributed by atoms with Gasteiger partial charge in [0.2, 0.25) is 0 Å². The Bertz CT molecular complexity index is 3920. The molecule has 15 rings (SSSR count). The molecule has 0 bridgehead atoms. The van der Waals surface area contributed by atoms with E-state index in [1.165, 1.54) is 115 Å². The molecular weight excluding hydrogens is 715 g/mol. The van der Waals surface area contributed by atoms with Crippen LogP contribution >= 0.6 is 0 Å². The summed E-state index contributed by atoms with van der Waals surface area (Å²) in [5.74, 6) is 0. The summed E-state index contributed by atoms with van der Waals surface area (Å²) in [5, 5.41) is 10.4. The Balaban J connectivity index is 1.17. The van der Waals surface area contributed by atoms with Crippen LogP contribution in [0.1, 0.15) is 0 Å². The highest BCUT2D eigenvalue weighted by atomic mass is 15.2. The van der Waals surface area contributed by atoms with Crippen LogP contribution in [0, 0.1) is 0 Å². The van der Waals surface area contributed by atoms with Crippen LogP contribution in [0.25, 0.3) is 76.2 Å². The predicted octanol–water partition coefficient (Wildman–Crippen LogP) is 12.1. The third kappa shape index (κ3) is 3.56. The predicted molar refractivity (Wildman–Crippen MR) is 250 cm³/mol. The number of rotatable bonds is 2. The van der Waals surface area contributed by atoms with Gasteiger partial charge in [0.25, 0.3) is 6.71 Å². The van der Waals surface area contributed by atoms with E-state index >= 15 is 0 Å². The number of benzene rings is 9. The molecule has 0 aliphatic carbocycles. The van der Waals surface area contributed by atoms with Gasteiger partial charge in [0, 0.05) is 71.5 Å². The Hall–Kier alpha value is -7.76. The molecule has 0 radical (unpaired) electrons. The van der Waals surface area contributed by atoms with Gasteiger partial charge < -0.3 is 18.6 Å². The van der Waals surface area contributed by atoms with E-state index in [2.05, 4.69) is 207 Å². The summed E-state index contributed by atoms with van der Waals surface area (Å²) in [4.78, 5) is 5.10. The van der Waals surface area contributed by atoms with Gasteiger partial charge in [-0.05, 0) is 83.1 Å². The zero-order chi connectivity index (χ0) is 38.1. The molecule has 6 heterocycles. The molecule has 0 amide bonds. The summed E-state index contributed by atoms with van der Waals surface area (Å²) in [7, 11) is 0.